The Morgan fingerprint density at radius 1 is 1.35 bits per heavy atom. The second kappa shape index (κ2) is 4.79. The molecule has 1 fully saturated rings. The Kier molecular flexibility index (Phi) is 3.38. The van der Waals surface area contributed by atoms with Crippen molar-refractivity contribution in [3.8, 4) is 0 Å². The molecule has 1 atom stereocenters. The highest BCUT2D eigenvalue weighted by molar-refractivity contribution is 7.84. The number of carbonyl (C=O) groups excluding carboxylic acids is 2. The molecule has 5 heteroatoms. The smallest absolute Gasteiger partial charge is 0.224 e. The van der Waals surface area contributed by atoms with E-state index in [1.54, 1.807) is 30.5 Å². The van der Waals surface area contributed by atoms with Gasteiger partial charge in [-0.05, 0) is 12.1 Å². The van der Waals surface area contributed by atoms with Crippen molar-refractivity contribution in [2.24, 2.45) is 0 Å². The Balaban J connectivity index is 2.04. The van der Waals surface area contributed by atoms with E-state index in [4.69, 9.17) is 0 Å². The van der Waals surface area contributed by atoms with Gasteiger partial charge >= 0.3 is 0 Å². The summed E-state index contributed by atoms with van der Waals surface area (Å²) >= 11 is 0. The number of hydrogen-bond acceptors (Lipinski definition) is 3. The summed E-state index contributed by atoms with van der Waals surface area (Å²) in [6, 6.07) is 6.68. The van der Waals surface area contributed by atoms with E-state index in [1.165, 1.54) is 4.90 Å². The Bertz CT molecular complexity index is 481. The first-order chi connectivity index (χ1) is 8.08. The number of hydrogen-bond donors (Lipinski definition) is 0. The van der Waals surface area contributed by atoms with Crippen molar-refractivity contribution in [1.82, 2.24) is 4.90 Å². The van der Waals surface area contributed by atoms with Crippen molar-refractivity contribution < 1.29 is 13.8 Å². The molecule has 1 unspecified atom stereocenters. The molecule has 1 saturated heterocycles. The second-order valence-corrected chi connectivity index (χ2v) is 5.35. The number of rotatable bonds is 4. The van der Waals surface area contributed by atoms with Crippen molar-refractivity contribution in [1.29, 1.82) is 0 Å². The van der Waals surface area contributed by atoms with E-state index < -0.39 is 10.8 Å². The third-order valence-corrected chi connectivity index (χ3v) is 3.73. The van der Waals surface area contributed by atoms with Crippen LogP contribution in [-0.2, 0) is 15.6 Å². The summed E-state index contributed by atoms with van der Waals surface area (Å²) in [5.74, 6) is -0.0453. The largest absolute Gasteiger partial charge is 0.334 e. The van der Waals surface area contributed by atoms with Gasteiger partial charge in [0.2, 0.25) is 5.91 Å². The van der Waals surface area contributed by atoms with Crippen molar-refractivity contribution in [2.75, 3.05) is 19.3 Å². The predicted molar refractivity (Wildman–Crippen MR) is 64.3 cm³/mol. The van der Waals surface area contributed by atoms with Crippen LogP contribution >= 0.6 is 0 Å². The van der Waals surface area contributed by atoms with Crippen LogP contribution in [0.1, 0.15) is 16.8 Å². The lowest BCUT2D eigenvalue weighted by atomic mass is 10.1. The maximum Gasteiger partial charge on any atom is 0.224 e. The molecule has 4 nitrogen and oxygen atoms in total. The van der Waals surface area contributed by atoms with E-state index in [9.17, 15) is 13.8 Å². The Hall–Kier alpha value is -1.49. The van der Waals surface area contributed by atoms with Gasteiger partial charge in [0.05, 0.1) is 6.54 Å². The molecule has 1 aliphatic rings. The number of nitrogens with zero attached hydrogens (tertiary/aromatic N) is 1. The van der Waals surface area contributed by atoms with Crippen LogP contribution in [-0.4, -0.2) is 40.1 Å². The maximum atomic E-state index is 11.8. The number of Topliss-reactive ketones (excluding diaryl/α,β-unsaturated/α-hetero) is 1. The molecule has 0 aromatic heterocycles. The van der Waals surface area contributed by atoms with Gasteiger partial charge in [-0.3, -0.25) is 13.8 Å². The number of β-lactam (4-membered cyclic amide) rings is 1. The molecule has 0 radical (unpaired) electrons. The maximum absolute atomic E-state index is 11.8. The van der Waals surface area contributed by atoms with Gasteiger partial charge in [0.1, 0.15) is 0 Å². The van der Waals surface area contributed by atoms with Gasteiger partial charge in [0.25, 0.3) is 0 Å². The quantitative estimate of drug-likeness (QED) is 0.588. The van der Waals surface area contributed by atoms with Crippen LogP contribution < -0.4 is 0 Å². The molecule has 1 heterocycles. The second-order valence-electron chi connectivity index (χ2n) is 3.97. The lowest BCUT2D eigenvalue weighted by molar-refractivity contribution is -0.138. The fourth-order valence-electron chi connectivity index (χ4n) is 1.63. The molecule has 1 aliphatic heterocycles. The molecular formula is C12H13NO3S. The van der Waals surface area contributed by atoms with E-state index in [0.29, 0.717) is 23.4 Å². The average molecular weight is 251 g/mol. The molecule has 0 spiro atoms. The molecule has 1 aromatic rings. The zero-order chi connectivity index (χ0) is 12.4. The van der Waals surface area contributed by atoms with Crippen molar-refractivity contribution >= 4 is 22.5 Å². The lowest BCUT2D eigenvalue weighted by Crippen LogP contribution is -2.46. The molecule has 0 N–H and O–H groups in total. The summed E-state index contributed by atoms with van der Waals surface area (Å²) in [6.07, 6.45) is 2.14. The van der Waals surface area contributed by atoms with Gasteiger partial charge in [0.15, 0.2) is 5.78 Å². The highest BCUT2D eigenvalue weighted by Gasteiger charge is 2.25. The van der Waals surface area contributed by atoms with E-state index in [0.717, 1.165) is 0 Å². The fourth-order valence-corrected chi connectivity index (χ4v) is 2.14. The predicted octanol–water partition coefficient (Wildman–Crippen LogP) is 0.839. The number of carbonyl (C=O) groups is 2. The summed E-state index contributed by atoms with van der Waals surface area (Å²) in [5, 5.41) is 0. The topological polar surface area (TPSA) is 54.5 Å². The van der Waals surface area contributed by atoms with E-state index in [-0.39, 0.29) is 18.2 Å². The van der Waals surface area contributed by atoms with E-state index in [2.05, 4.69) is 0 Å². The molecular weight excluding hydrogens is 238 g/mol. The molecule has 1 amide bonds. The summed E-state index contributed by atoms with van der Waals surface area (Å²) in [4.78, 5) is 25.1. The van der Waals surface area contributed by atoms with Crippen LogP contribution in [0, 0.1) is 0 Å². The Morgan fingerprint density at radius 3 is 2.41 bits per heavy atom. The monoisotopic (exact) mass is 251 g/mol. The first-order valence-electron chi connectivity index (χ1n) is 5.32. The zero-order valence-electron chi connectivity index (χ0n) is 9.51. The minimum absolute atomic E-state index is 0.0321. The van der Waals surface area contributed by atoms with Crippen molar-refractivity contribution in [3.63, 3.8) is 0 Å². The molecule has 90 valence electrons. The van der Waals surface area contributed by atoms with Crippen LogP contribution in [0.15, 0.2) is 29.2 Å². The standard InChI is InChI=1S/C12H13NO3S/c1-17(16)10-4-2-9(3-5-10)11(14)8-13-7-6-12(13)15/h2-5H,6-8H2,1H3. The molecule has 1 aromatic carbocycles. The highest BCUT2D eigenvalue weighted by Crippen LogP contribution is 2.12. The first-order valence-corrected chi connectivity index (χ1v) is 6.88. The van der Waals surface area contributed by atoms with Gasteiger partial charge in [-0.15, -0.1) is 0 Å². The van der Waals surface area contributed by atoms with Crippen LogP contribution in [0.4, 0.5) is 0 Å². The van der Waals surface area contributed by atoms with Gasteiger partial charge in [0, 0.05) is 40.5 Å². The van der Waals surface area contributed by atoms with Crippen LogP contribution in [0.5, 0.6) is 0 Å². The summed E-state index contributed by atoms with van der Waals surface area (Å²) in [6.45, 7) is 0.815. The average Bonchev–Trinajstić information content (AvgIpc) is 2.34. The normalized spacial score (nSPS) is 16.5. The Morgan fingerprint density at radius 2 is 2.00 bits per heavy atom. The van der Waals surface area contributed by atoms with Crippen LogP contribution in [0.3, 0.4) is 0 Å². The minimum atomic E-state index is -1.03. The van der Waals surface area contributed by atoms with Crippen molar-refractivity contribution in [2.45, 2.75) is 11.3 Å². The minimum Gasteiger partial charge on any atom is -0.334 e. The van der Waals surface area contributed by atoms with Gasteiger partial charge < -0.3 is 4.90 Å². The molecule has 2 rings (SSSR count). The number of benzene rings is 1. The summed E-state index contributed by atoms with van der Waals surface area (Å²) in [5.41, 5.74) is 0.555. The summed E-state index contributed by atoms with van der Waals surface area (Å²) < 4.78 is 11.2. The number of likely N-dealkylation sites (tertiary alicyclic amines) is 1. The van der Waals surface area contributed by atoms with Crippen LogP contribution in [0.25, 0.3) is 0 Å². The van der Waals surface area contributed by atoms with Gasteiger partial charge in [-0.2, -0.15) is 0 Å². The molecule has 0 bridgehead atoms. The molecule has 0 saturated carbocycles. The molecule has 0 aliphatic carbocycles. The molecule has 17 heavy (non-hydrogen) atoms. The third-order valence-electron chi connectivity index (χ3n) is 2.79. The number of amides is 1. The number of ketones is 1. The van der Waals surface area contributed by atoms with Gasteiger partial charge in [-0.25, -0.2) is 0 Å². The first kappa shape index (κ1) is 12.0. The van der Waals surface area contributed by atoms with Crippen LogP contribution in [0.2, 0.25) is 0 Å². The lowest BCUT2D eigenvalue weighted by Gasteiger charge is -2.29. The fraction of sp³-hybridized carbons (Fsp3) is 0.333. The Labute approximate surface area is 102 Å². The highest BCUT2D eigenvalue weighted by atomic mass is 32.2. The van der Waals surface area contributed by atoms with E-state index in [1.807, 2.05) is 0 Å². The van der Waals surface area contributed by atoms with E-state index >= 15 is 0 Å². The van der Waals surface area contributed by atoms with Crippen molar-refractivity contribution in [3.05, 3.63) is 29.8 Å². The third kappa shape index (κ3) is 2.61. The zero-order valence-corrected chi connectivity index (χ0v) is 10.3. The SMILES string of the molecule is CS(=O)c1ccc(C(=O)CN2CCC2=O)cc1. The summed E-state index contributed by atoms with van der Waals surface area (Å²) in [7, 11) is -1.03. The van der Waals surface area contributed by atoms with Gasteiger partial charge in [-0.1, -0.05) is 12.1 Å².